The van der Waals surface area contributed by atoms with Crippen molar-refractivity contribution in [1.29, 1.82) is 0 Å². The van der Waals surface area contributed by atoms with Gasteiger partial charge in [0, 0.05) is 13.2 Å². The first kappa shape index (κ1) is 22.8. The van der Waals surface area contributed by atoms with Crippen LogP contribution in [0.25, 0.3) is 0 Å². The van der Waals surface area contributed by atoms with Gasteiger partial charge in [-0.3, -0.25) is 0 Å². The average molecular weight is 333 g/mol. The molecule has 0 fully saturated rings. The molecule has 0 aliphatic rings. The molecule has 0 saturated carbocycles. The topological polar surface area (TPSA) is 34.2 Å². The van der Waals surface area contributed by atoms with Crippen LogP contribution < -0.4 is 0 Å². The lowest BCUT2D eigenvalue weighted by Crippen LogP contribution is -2.24. The van der Waals surface area contributed by atoms with E-state index in [4.69, 9.17) is 14.2 Å². The maximum absolute atomic E-state index is 5.80. The molecular weight excluding hydrogens is 292 g/mol. The Labute approximate surface area is 144 Å². The summed E-state index contributed by atoms with van der Waals surface area (Å²) in [5.74, 6) is 0.622. The smallest absolute Gasteiger partial charge is 0.0701 e. The van der Waals surface area contributed by atoms with Gasteiger partial charge in [-0.05, 0) is 66.5 Å². The second kappa shape index (κ2) is 16.7. The third-order valence-electron chi connectivity index (χ3n) is 3.71. The predicted octanol–water partition coefficient (Wildman–Crippen LogP) is 2.36. The van der Waals surface area contributed by atoms with E-state index in [1.165, 1.54) is 19.3 Å². The van der Waals surface area contributed by atoms with Gasteiger partial charge in [0.25, 0.3) is 0 Å². The van der Waals surface area contributed by atoms with E-state index in [-0.39, 0.29) is 0 Å². The summed E-state index contributed by atoms with van der Waals surface area (Å²) < 4.78 is 16.8. The fourth-order valence-electron chi connectivity index (χ4n) is 2.13. The van der Waals surface area contributed by atoms with Crippen LogP contribution in [0, 0.1) is 5.92 Å². The zero-order valence-electron chi connectivity index (χ0n) is 16.2. The highest BCUT2D eigenvalue weighted by molar-refractivity contribution is 4.62. The number of hydrogen-bond donors (Lipinski definition) is 0. The molecular formula is C18H40N2O3. The van der Waals surface area contributed by atoms with Gasteiger partial charge in [0.1, 0.15) is 0 Å². The summed E-state index contributed by atoms with van der Waals surface area (Å²) in [6, 6.07) is 0. The van der Waals surface area contributed by atoms with E-state index in [0.29, 0.717) is 32.3 Å². The van der Waals surface area contributed by atoms with Crippen molar-refractivity contribution >= 4 is 0 Å². The largest absolute Gasteiger partial charge is 0.379 e. The van der Waals surface area contributed by atoms with Crippen molar-refractivity contribution in [3.05, 3.63) is 0 Å². The Morgan fingerprint density at radius 2 is 1.17 bits per heavy atom. The van der Waals surface area contributed by atoms with Crippen molar-refractivity contribution in [2.24, 2.45) is 5.92 Å². The molecule has 0 aromatic carbocycles. The molecule has 0 bridgehead atoms. The molecule has 0 unspecified atom stereocenters. The number of unbranched alkanes of at least 4 members (excludes halogenated alkanes) is 1. The van der Waals surface area contributed by atoms with Gasteiger partial charge in [-0.25, -0.2) is 0 Å². The van der Waals surface area contributed by atoms with Crippen LogP contribution in [0.4, 0.5) is 0 Å². The summed E-state index contributed by atoms with van der Waals surface area (Å²) in [6.07, 6.45) is 4.68. The molecule has 0 aromatic heterocycles. The highest BCUT2D eigenvalue weighted by Gasteiger charge is 2.10. The third-order valence-corrected chi connectivity index (χ3v) is 3.71. The van der Waals surface area contributed by atoms with Crippen LogP contribution in [-0.4, -0.2) is 90.7 Å². The van der Waals surface area contributed by atoms with Crippen LogP contribution >= 0.6 is 0 Å². The third kappa shape index (κ3) is 18.0. The summed E-state index contributed by atoms with van der Waals surface area (Å²) in [7, 11) is 8.50. The van der Waals surface area contributed by atoms with Gasteiger partial charge in [-0.2, -0.15) is 0 Å². The van der Waals surface area contributed by atoms with Crippen LogP contribution in [0.1, 0.15) is 32.6 Å². The number of rotatable bonds is 17. The van der Waals surface area contributed by atoms with Gasteiger partial charge in [-0.1, -0.05) is 13.3 Å². The van der Waals surface area contributed by atoms with E-state index in [1.54, 1.807) is 0 Å². The molecule has 5 heteroatoms. The number of nitrogens with zero attached hydrogens (tertiary/aromatic N) is 2. The normalized spacial score (nSPS) is 12.0. The van der Waals surface area contributed by atoms with Crippen molar-refractivity contribution in [1.82, 2.24) is 9.80 Å². The van der Waals surface area contributed by atoms with E-state index >= 15 is 0 Å². The maximum atomic E-state index is 5.80. The molecule has 0 amide bonds. The first-order valence-electron chi connectivity index (χ1n) is 9.09. The van der Waals surface area contributed by atoms with Gasteiger partial charge in [0.05, 0.1) is 26.4 Å². The minimum absolute atomic E-state index is 0.622. The molecule has 0 aromatic rings. The monoisotopic (exact) mass is 332 g/mol. The van der Waals surface area contributed by atoms with Crippen LogP contribution in [-0.2, 0) is 14.2 Å². The minimum atomic E-state index is 0.622. The van der Waals surface area contributed by atoms with E-state index in [9.17, 15) is 0 Å². The molecule has 0 spiro atoms. The lowest BCUT2D eigenvalue weighted by molar-refractivity contribution is 0.00476. The Morgan fingerprint density at radius 1 is 0.696 bits per heavy atom. The number of hydrogen-bond acceptors (Lipinski definition) is 5. The molecule has 0 aliphatic carbocycles. The molecule has 0 radical (unpaired) electrons. The fourth-order valence-corrected chi connectivity index (χ4v) is 2.13. The van der Waals surface area contributed by atoms with Crippen LogP contribution in [0.3, 0.4) is 0 Å². The standard InChI is InChI=1S/C18H40N2O3/c1-6-7-12-21-13-14-22-15-16-23-17-18(8-10-19(2)3)9-11-20(4)5/h18H,6-17H2,1-5H3. The molecule has 0 N–H and O–H groups in total. The van der Waals surface area contributed by atoms with E-state index in [0.717, 1.165) is 32.7 Å². The van der Waals surface area contributed by atoms with Gasteiger partial charge in [0.15, 0.2) is 0 Å². The van der Waals surface area contributed by atoms with Crippen molar-refractivity contribution in [2.75, 3.05) is 80.9 Å². The number of ether oxygens (including phenoxy) is 3. The maximum Gasteiger partial charge on any atom is 0.0701 e. The Morgan fingerprint density at radius 3 is 1.65 bits per heavy atom. The highest BCUT2D eigenvalue weighted by Crippen LogP contribution is 2.10. The Bertz CT molecular complexity index is 226. The minimum Gasteiger partial charge on any atom is -0.379 e. The van der Waals surface area contributed by atoms with Crippen molar-refractivity contribution < 1.29 is 14.2 Å². The van der Waals surface area contributed by atoms with E-state index in [1.807, 2.05) is 0 Å². The summed E-state index contributed by atoms with van der Waals surface area (Å²) in [5.41, 5.74) is 0. The molecule has 140 valence electrons. The quantitative estimate of drug-likeness (QED) is 0.382. The second-order valence-corrected chi connectivity index (χ2v) is 6.70. The molecule has 0 heterocycles. The molecule has 0 rings (SSSR count). The zero-order valence-corrected chi connectivity index (χ0v) is 16.2. The first-order chi connectivity index (χ1) is 11.1. The van der Waals surface area contributed by atoms with Crippen molar-refractivity contribution in [2.45, 2.75) is 32.6 Å². The summed E-state index contributed by atoms with van der Waals surface area (Å²) in [5, 5.41) is 0. The lowest BCUT2D eigenvalue weighted by atomic mass is 10.0. The van der Waals surface area contributed by atoms with Crippen LogP contribution in [0.5, 0.6) is 0 Å². The molecule has 0 aliphatic heterocycles. The van der Waals surface area contributed by atoms with Gasteiger partial charge in [-0.15, -0.1) is 0 Å². The Balaban J connectivity index is 3.56. The second-order valence-electron chi connectivity index (χ2n) is 6.70. The molecule has 0 saturated heterocycles. The first-order valence-corrected chi connectivity index (χ1v) is 9.09. The van der Waals surface area contributed by atoms with Gasteiger partial charge >= 0.3 is 0 Å². The van der Waals surface area contributed by atoms with Gasteiger partial charge < -0.3 is 24.0 Å². The fraction of sp³-hybridized carbons (Fsp3) is 1.00. The zero-order chi connectivity index (χ0) is 17.3. The summed E-state index contributed by atoms with van der Waals surface area (Å²) in [4.78, 5) is 4.48. The molecule has 23 heavy (non-hydrogen) atoms. The predicted molar refractivity (Wildman–Crippen MR) is 97.2 cm³/mol. The Kier molecular flexibility index (Phi) is 16.5. The Hall–Kier alpha value is -0.200. The van der Waals surface area contributed by atoms with Crippen LogP contribution in [0.15, 0.2) is 0 Å². The average Bonchev–Trinajstić information content (AvgIpc) is 2.50. The molecule has 5 nitrogen and oxygen atoms in total. The molecule has 0 atom stereocenters. The van der Waals surface area contributed by atoms with Crippen molar-refractivity contribution in [3.8, 4) is 0 Å². The van der Waals surface area contributed by atoms with Gasteiger partial charge in [0.2, 0.25) is 0 Å². The van der Waals surface area contributed by atoms with Crippen molar-refractivity contribution in [3.63, 3.8) is 0 Å². The highest BCUT2D eigenvalue weighted by atomic mass is 16.5. The van der Waals surface area contributed by atoms with Crippen LogP contribution in [0.2, 0.25) is 0 Å². The summed E-state index contributed by atoms with van der Waals surface area (Å²) >= 11 is 0. The summed E-state index contributed by atoms with van der Waals surface area (Å²) in [6.45, 7) is 8.77. The SMILES string of the molecule is CCCCOCCOCCOCC(CCN(C)C)CCN(C)C. The lowest BCUT2D eigenvalue weighted by Gasteiger charge is -2.21. The van der Waals surface area contributed by atoms with E-state index in [2.05, 4.69) is 44.9 Å². The van der Waals surface area contributed by atoms with E-state index < -0.39 is 0 Å².